The minimum absolute atomic E-state index is 0.0626. The lowest BCUT2D eigenvalue weighted by molar-refractivity contribution is -0.498. The van der Waals surface area contributed by atoms with E-state index < -0.39 is 15.2 Å². The molecule has 0 aliphatic heterocycles. The van der Waals surface area contributed by atoms with Crippen LogP contribution in [0.3, 0.4) is 0 Å². The Hall–Kier alpha value is -1.33. The van der Waals surface area contributed by atoms with Gasteiger partial charge in [0.15, 0.2) is 0 Å². The molecular weight excluding hydrogens is 305 g/mol. The third-order valence-electron chi connectivity index (χ3n) is 2.64. The first-order valence-corrected chi connectivity index (χ1v) is 6.95. The van der Waals surface area contributed by atoms with Gasteiger partial charge in [0, 0.05) is 5.56 Å². The van der Waals surface area contributed by atoms with E-state index >= 15 is 0 Å². The summed E-state index contributed by atoms with van der Waals surface area (Å²) in [5.74, 6) is -0.378. The van der Waals surface area contributed by atoms with Crippen LogP contribution < -0.4 is 4.74 Å². The number of Topliss-reactive ketones (excluding diaryl/α,β-unsaturated/α-hetero) is 1. The standard InChI is InChI=1S/C13H15Cl2NO4/c1-2-3-4-9-20-11-7-5-10(6-8-11)12(17)13(14,15)16(18)19/h5-8H,2-4,9H2,1H3. The SMILES string of the molecule is CCCCCOc1ccc(C(=O)C(Cl)(Cl)[N+](=O)[O-])cc1. The van der Waals surface area contributed by atoms with Gasteiger partial charge in [0.2, 0.25) is 0 Å². The van der Waals surface area contributed by atoms with Crippen LogP contribution in [0.2, 0.25) is 0 Å². The van der Waals surface area contributed by atoms with E-state index in [1.54, 1.807) is 12.1 Å². The van der Waals surface area contributed by atoms with E-state index in [1.165, 1.54) is 12.1 Å². The van der Waals surface area contributed by atoms with Gasteiger partial charge in [0.05, 0.1) is 11.5 Å². The first-order chi connectivity index (χ1) is 9.39. The molecule has 1 rings (SSSR count). The van der Waals surface area contributed by atoms with Crippen LogP contribution in [-0.4, -0.2) is 21.8 Å². The molecule has 0 aliphatic carbocycles. The van der Waals surface area contributed by atoms with Gasteiger partial charge >= 0.3 is 4.46 Å². The number of nitro groups is 1. The van der Waals surface area contributed by atoms with Crippen molar-refractivity contribution >= 4 is 29.0 Å². The molecule has 0 N–H and O–H groups in total. The number of nitrogens with zero attached hydrogens (tertiary/aromatic N) is 1. The molecule has 0 aromatic heterocycles. The largest absolute Gasteiger partial charge is 0.494 e. The van der Waals surface area contributed by atoms with Crippen molar-refractivity contribution in [1.29, 1.82) is 0 Å². The lowest BCUT2D eigenvalue weighted by Gasteiger charge is -2.10. The maximum Gasteiger partial charge on any atom is 0.433 e. The van der Waals surface area contributed by atoms with E-state index in [-0.39, 0.29) is 5.56 Å². The molecule has 0 radical (unpaired) electrons. The zero-order valence-corrected chi connectivity index (χ0v) is 12.5. The number of ketones is 1. The average Bonchev–Trinajstić information content (AvgIpc) is 2.43. The smallest absolute Gasteiger partial charge is 0.433 e. The van der Waals surface area contributed by atoms with Crippen molar-refractivity contribution in [3.05, 3.63) is 39.9 Å². The highest BCUT2D eigenvalue weighted by Crippen LogP contribution is 2.27. The summed E-state index contributed by atoms with van der Waals surface area (Å²) in [4.78, 5) is 21.3. The molecule has 0 unspecified atom stereocenters. The third-order valence-corrected chi connectivity index (χ3v) is 3.25. The number of rotatable bonds is 8. The average molecular weight is 320 g/mol. The molecule has 0 atom stereocenters. The summed E-state index contributed by atoms with van der Waals surface area (Å²) < 4.78 is 2.80. The summed E-state index contributed by atoms with van der Waals surface area (Å²) in [6.45, 7) is 2.69. The van der Waals surface area contributed by atoms with Crippen LogP contribution >= 0.6 is 23.2 Å². The van der Waals surface area contributed by atoms with Crippen molar-refractivity contribution in [2.75, 3.05) is 6.61 Å². The van der Waals surface area contributed by atoms with Gasteiger partial charge < -0.3 is 4.74 Å². The normalized spacial score (nSPS) is 11.2. The van der Waals surface area contributed by atoms with Crippen LogP contribution in [0.5, 0.6) is 5.75 Å². The predicted octanol–water partition coefficient (Wildman–Crippen LogP) is 3.85. The Balaban J connectivity index is 2.67. The molecule has 5 nitrogen and oxygen atoms in total. The number of carbonyl (C=O) groups is 1. The van der Waals surface area contributed by atoms with Crippen LogP contribution in [0, 0.1) is 10.1 Å². The van der Waals surface area contributed by atoms with E-state index in [4.69, 9.17) is 27.9 Å². The molecule has 110 valence electrons. The molecule has 0 amide bonds. The van der Waals surface area contributed by atoms with E-state index in [9.17, 15) is 14.9 Å². The van der Waals surface area contributed by atoms with E-state index in [1.807, 2.05) is 0 Å². The van der Waals surface area contributed by atoms with Gasteiger partial charge in [-0.25, -0.2) is 0 Å². The minimum Gasteiger partial charge on any atom is -0.494 e. The Morgan fingerprint density at radius 2 is 1.90 bits per heavy atom. The van der Waals surface area contributed by atoms with Crippen LogP contribution in [0.1, 0.15) is 36.5 Å². The number of unbranched alkanes of at least 4 members (excludes halogenated alkanes) is 2. The molecule has 0 aliphatic rings. The Morgan fingerprint density at radius 1 is 1.30 bits per heavy atom. The quantitative estimate of drug-likeness (QED) is 0.182. The Morgan fingerprint density at radius 3 is 2.40 bits per heavy atom. The molecule has 1 aromatic carbocycles. The molecule has 1 aromatic rings. The number of alkyl halides is 2. The number of benzene rings is 1. The zero-order chi connectivity index (χ0) is 15.2. The second-order valence-electron chi connectivity index (χ2n) is 4.21. The van der Waals surface area contributed by atoms with Crippen molar-refractivity contribution in [2.24, 2.45) is 0 Å². The molecule has 7 heteroatoms. The Labute approximate surface area is 127 Å². The zero-order valence-electron chi connectivity index (χ0n) is 11.0. The highest BCUT2D eigenvalue weighted by atomic mass is 35.5. The highest BCUT2D eigenvalue weighted by molar-refractivity contribution is 6.58. The first kappa shape index (κ1) is 16.7. The molecule has 0 bridgehead atoms. The fourth-order valence-electron chi connectivity index (χ4n) is 1.50. The van der Waals surface area contributed by atoms with Gasteiger partial charge in [-0.3, -0.25) is 14.9 Å². The lowest BCUT2D eigenvalue weighted by Crippen LogP contribution is -2.34. The van der Waals surface area contributed by atoms with E-state index in [2.05, 4.69) is 6.92 Å². The summed E-state index contributed by atoms with van der Waals surface area (Å²) in [6, 6.07) is 5.92. The summed E-state index contributed by atoms with van der Waals surface area (Å²) in [6.07, 6.45) is 3.14. The molecular formula is C13H15Cl2NO4. The second-order valence-corrected chi connectivity index (χ2v) is 5.49. The van der Waals surface area contributed by atoms with Crippen LogP contribution in [-0.2, 0) is 0 Å². The highest BCUT2D eigenvalue weighted by Gasteiger charge is 2.47. The minimum atomic E-state index is -2.66. The Bertz CT molecular complexity index is 474. The monoisotopic (exact) mass is 319 g/mol. The predicted molar refractivity (Wildman–Crippen MR) is 77.2 cm³/mol. The number of hydrogen-bond donors (Lipinski definition) is 0. The number of ether oxygens (including phenoxy) is 1. The van der Waals surface area contributed by atoms with Gasteiger partial charge in [-0.05, 0) is 53.9 Å². The van der Waals surface area contributed by atoms with E-state index in [0.29, 0.717) is 12.4 Å². The van der Waals surface area contributed by atoms with Crippen LogP contribution in [0.4, 0.5) is 0 Å². The molecule has 0 fully saturated rings. The molecule has 0 spiro atoms. The van der Waals surface area contributed by atoms with Crippen molar-refractivity contribution in [1.82, 2.24) is 0 Å². The fourth-order valence-corrected chi connectivity index (χ4v) is 1.72. The fraction of sp³-hybridized carbons (Fsp3) is 0.462. The number of hydrogen-bond acceptors (Lipinski definition) is 4. The molecule has 0 saturated heterocycles. The van der Waals surface area contributed by atoms with Crippen molar-refractivity contribution in [2.45, 2.75) is 30.6 Å². The van der Waals surface area contributed by atoms with Gasteiger partial charge in [-0.1, -0.05) is 19.8 Å². The molecule has 20 heavy (non-hydrogen) atoms. The van der Waals surface area contributed by atoms with Crippen molar-refractivity contribution in [3.8, 4) is 5.75 Å². The van der Waals surface area contributed by atoms with Gasteiger partial charge in [0.1, 0.15) is 5.75 Å². The third kappa shape index (κ3) is 4.35. The van der Waals surface area contributed by atoms with Gasteiger partial charge in [-0.2, -0.15) is 0 Å². The lowest BCUT2D eigenvalue weighted by atomic mass is 10.1. The summed E-state index contributed by atoms with van der Waals surface area (Å²) in [5, 5.41) is 10.6. The molecule has 0 saturated carbocycles. The van der Waals surface area contributed by atoms with Gasteiger partial charge in [-0.15, -0.1) is 0 Å². The first-order valence-electron chi connectivity index (χ1n) is 6.19. The van der Waals surface area contributed by atoms with Crippen molar-refractivity contribution < 1.29 is 14.5 Å². The van der Waals surface area contributed by atoms with Crippen molar-refractivity contribution in [3.63, 3.8) is 0 Å². The molecule has 0 heterocycles. The van der Waals surface area contributed by atoms with E-state index in [0.717, 1.165) is 19.3 Å². The van der Waals surface area contributed by atoms with Crippen LogP contribution in [0.15, 0.2) is 24.3 Å². The summed E-state index contributed by atoms with van der Waals surface area (Å²) in [5.41, 5.74) is 0.0626. The summed E-state index contributed by atoms with van der Waals surface area (Å²) in [7, 11) is 0. The maximum absolute atomic E-state index is 11.8. The van der Waals surface area contributed by atoms with Gasteiger partial charge in [0.25, 0.3) is 5.78 Å². The Kier molecular flexibility index (Phi) is 6.23. The second kappa shape index (κ2) is 7.45. The maximum atomic E-state index is 11.8. The topological polar surface area (TPSA) is 69.4 Å². The number of halogens is 2. The number of carbonyl (C=O) groups excluding carboxylic acids is 1. The van der Waals surface area contributed by atoms with Crippen LogP contribution in [0.25, 0.3) is 0 Å². The summed E-state index contributed by atoms with van der Waals surface area (Å²) >= 11 is 10.8.